The molecule has 2 unspecified atom stereocenters. The first-order valence-electron chi connectivity index (χ1n) is 11.0. The van der Waals surface area contributed by atoms with Crippen molar-refractivity contribution in [2.45, 2.75) is 11.7 Å². The van der Waals surface area contributed by atoms with Gasteiger partial charge in [-0.05, 0) is 35.4 Å². The molecule has 1 amide bonds. The quantitative estimate of drug-likeness (QED) is 0.496. The second kappa shape index (κ2) is 9.98. The summed E-state index contributed by atoms with van der Waals surface area (Å²) in [6.07, 6.45) is 4.14. The first kappa shape index (κ1) is 25.8. The van der Waals surface area contributed by atoms with E-state index < -0.39 is 28.9 Å². The lowest BCUT2D eigenvalue weighted by molar-refractivity contribution is 0.0876. The summed E-state index contributed by atoms with van der Waals surface area (Å²) in [4.78, 5) is 54.0. The Kier molecular flexibility index (Phi) is 6.95. The highest BCUT2D eigenvalue weighted by Crippen LogP contribution is 2.41. The van der Waals surface area contributed by atoms with Crippen LogP contribution in [0.25, 0.3) is 5.57 Å². The van der Waals surface area contributed by atoms with Crippen LogP contribution in [0.4, 0.5) is 4.39 Å². The van der Waals surface area contributed by atoms with Crippen LogP contribution in [0.2, 0.25) is 5.02 Å². The van der Waals surface area contributed by atoms with Crippen LogP contribution in [0.3, 0.4) is 0 Å². The van der Waals surface area contributed by atoms with Crippen molar-refractivity contribution in [2.75, 3.05) is 7.11 Å². The summed E-state index contributed by atoms with van der Waals surface area (Å²) in [5, 5.41) is 2.91. The molecule has 3 aromatic rings. The third kappa shape index (κ3) is 4.40. The highest BCUT2D eigenvalue weighted by molar-refractivity contribution is 6.32. The van der Waals surface area contributed by atoms with Crippen molar-refractivity contribution in [3.05, 3.63) is 109 Å². The predicted molar refractivity (Wildman–Crippen MR) is 136 cm³/mol. The second-order valence-electron chi connectivity index (χ2n) is 8.36. The van der Waals surface area contributed by atoms with Gasteiger partial charge in [0.25, 0.3) is 11.5 Å². The zero-order chi connectivity index (χ0) is 26.9. The largest absolute Gasteiger partial charge is 0.480 e. The Morgan fingerprint density at radius 2 is 1.95 bits per heavy atom. The maximum absolute atomic E-state index is 16.7. The number of rotatable bonds is 6. The smallest absolute Gasteiger partial charge is 0.330 e. The van der Waals surface area contributed by atoms with Crippen molar-refractivity contribution in [1.29, 1.82) is 0 Å². The fourth-order valence-electron chi connectivity index (χ4n) is 4.18. The molecular weight excluding hydrogens is 503 g/mol. The van der Waals surface area contributed by atoms with Crippen molar-refractivity contribution in [3.63, 3.8) is 0 Å². The number of carbonyl (C=O) groups is 2. The number of carbonyl (C=O) groups excluding carboxylic acids is 2. The highest BCUT2D eigenvalue weighted by atomic mass is 35.5. The lowest BCUT2D eigenvalue weighted by Gasteiger charge is -2.38. The van der Waals surface area contributed by atoms with Gasteiger partial charge in [-0.2, -0.15) is 0 Å². The lowest BCUT2D eigenvalue weighted by Crippen LogP contribution is -2.54. The normalized spacial score (nSPS) is 18.7. The fourth-order valence-corrected chi connectivity index (χ4v) is 4.42. The van der Waals surface area contributed by atoms with Crippen molar-refractivity contribution in [2.24, 2.45) is 14.1 Å². The summed E-state index contributed by atoms with van der Waals surface area (Å²) in [6.45, 7) is 0. The molecule has 0 saturated heterocycles. The minimum atomic E-state index is -1.94. The van der Waals surface area contributed by atoms with Crippen molar-refractivity contribution < 1.29 is 18.7 Å². The molecule has 1 aromatic carbocycles. The molecule has 190 valence electrons. The molecule has 2 heterocycles. The molecule has 0 radical (unpaired) electrons. The average Bonchev–Trinajstić information content (AvgIpc) is 2.90. The summed E-state index contributed by atoms with van der Waals surface area (Å²) >= 11 is 6.35. The molecule has 1 aliphatic rings. The third-order valence-corrected chi connectivity index (χ3v) is 6.47. The Balaban J connectivity index is 1.91. The molecule has 37 heavy (non-hydrogen) atoms. The van der Waals surface area contributed by atoms with E-state index in [1.54, 1.807) is 24.3 Å². The Morgan fingerprint density at radius 3 is 2.62 bits per heavy atom. The topological polar surface area (TPSA) is 112 Å². The van der Waals surface area contributed by atoms with Crippen molar-refractivity contribution in [1.82, 2.24) is 19.4 Å². The standard InChI is InChI=1S/C26H22ClFN4O5/c1-31-13-18(24(35)32(2)25(31)36)22(34)30-26(20-11-10-15(14-33)23(29-20)37-3)12-6-8-17(21(26)28)16-7-4-5-9-19(16)27/h4-14,21H,1-3H3,(H,30,34). The van der Waals surface area contributed by atoms with Gasteiger partial charge in [0.05, 0.1) is 18.4 Å². The number of pyridine rings is 1. The van der Waals surface area contributed by atoms with E-state index >= 15 is 4.39 Å². The second-order valence-corrected chi connectivity index (χ2v) is 8.77. The van der Waals surface area contributed by atoms with Crippen molar-refractivity contribution in [3.8, 4) is 5.88 Å². The van der Waals surface area contributed by atoms with Crippen LogP contribution < -0.4 is 21.3 Å². The molecule has 1 N–H and O–H groups in total. The molecular formula is C26H22ClFN4O5. The van der Waals surface area contributed by atoms with Gasteiger partial charge in [0.1, 0.15) is 11.1 Å². The number of amides is 1. The SMILES string of the molecule is COc1nc(C2(NC(=O)c3cn(C)c(=O)n(C)c3=O)C=CC=C(c3ccccc3Cl)C2F)ccc1C=O. The third-order valence-electron chi connectivity index (χ3n) is 6.14. The van der Waals surface area contributed by atoms with E-state index in [0.717, 1.165) is 15.3 Å². The van der Waals surface area contributed by atoms with Gasteiger partial charge in [0, 0.05) is 25.3 Å². The monoisotopic (exact) mass is 524 g/mol. The molecule has 0 saturated carbocycles. The van der Waals surface area contributed by atoms with Crippen molar-refractivity contribution >= 4 is 29.4 Å². The molecule has 11 heteroatoms. The van der Waals surface area contributed by atoms with Gasteiger partial charge in [-0.15, -0.1) is 0 Å². The van der Waals surface area contributed by atoms with Crippen LogP contribution >= 0.6 is 11.6 Å². The van der Waals surface area contributed by atoms with Gasteiger partial charge in [0.2, 0.25) is 5.88 Å². The first-order chi connectivity index (χ1) is 17.6. The highest BCUT2D eigenvalue weighted by Gasteiger charge is 2.46. The molecule has 9 nitrogen and oxygen atoms in total. The molecule has 2 atom stereocenters. The Hall–Kier alpha value is -4.31. The minimum Gasteiger partial charge on any atom is -0.480 e. The summed E-state index contributed by atoms with van der Waals surface area (Å²) in [5.41, 5.74) is -3.12. The van der Waals surface area contributed by atoms with Gasteiger partial charge in [-0.25, -0.2) is 14.2 Å². The van der Waals surface area contributed by atoms with Crippen LogP contribution in [0.15, 0.2) is 70.4 Å². The predicted octanol–water partition coefficient (Wildman–Crippen LogP) is 2.57. The number of allylic oxidation sites excluding steroid dienone is 2. The van der Waals surface area contributed by atoms with E-state index in [9.17, 15) is 19.2 Å². The number of halogens is 2. The minimum absolute atomic E-state index is 0.00588. The van der Waals surface area contributed by atoms with Gasteiger partial charge in [0.15, 0.2) is 12.5 Å². The van der Waals surface area contributed by atoms with E-state index in [4.69, 9.17) is 16.3 Å². The number of ether oxygens (including phenoxy) is 1. The van der Waals surface area contributed by atoms with Gasteiger partial charge in [-0.3, -0.25) is 19.0 Å². The summed E-state index contributed by atoms with van der Waals surface area (Å²) in [7, 11) is 3.92. The maximum Gasteiger partial charge on any atom is 0.330 e. The van der Waals surface area contributed by atoms with Gasteiger partial charge in [-0.1, -0.05) is 42.0 Å². The Labute approximate surface area is 215 Å². The number of nitrogens with zero attached hydrogens (tertiary/aromatic N) is 3. The van der Waals surface area contributed by atoms with Crippen LogP contribution in [0.1, 0.15) is 32.0 Å². The van der Waals surface area contributed by atoms with E-state index in [0.29, 0.717) is 16.9 Å². The number of hydrogen-bond acceptors (Lipinski definition) is 6. The molecule has 0 fully saturated rings. The number of nitrogens with one attached hydrogen (secondary N) is 1. The van der Waals surface area contributed by atoms with Crippen LogP contribution in [0.5, 0.6) is 5.88 Å². The molecule has 0 aliphatic heterocycles. The molecule has 0 spiro atoms. The molecule has 2 aromatic heterocycles. The summed E-state index contributed by atoms with van der Waals surface area (Å²) in [6, 6.07) is 9.42. The number of alkyl halides is 1. The molecule has 0 bridgehead atoms. The van der Waals surface area contributed by atoms with Crippen LogP contribution in [-0.2, 0) is 19.6 Å². The first-order valence-corrected chi connectivity index (χ1v) is 11.4. The fraction of sp³-hybridized carbons (Fsp3) is 0.192. The van der Waals surface area contributed by atoms with E-state index in [1.165, 1.54) is 51.6 Å². The number of aldehydes is 1. The Bertz CT molecular complexity index is 1590. The summed E-state index contributed by atoms with van der Waals surface area (Å²) in [5.74, 6) is -1.02. The van der Waals surface area contributed by atoms with Gasteiger partial charge < -0.3 is 14.6 Å². The van der Waals surface area contributed by atoms with Crippen LogP contribution in [-0.4, -0.2) is 39.6 Å². The van der Waals surface area contributed by atoms with Crippen LogP contribution in [0, 0.1) is 0 Å². The number of methoxy groups -OCH3 is 1. The lowest BCUT2D eigenvalue weighted by atomic mass is 9.79. The molecule has 4 rings (SSSR count). The average molecular weight is 525 g/mol. The maximum atomic E-state index is 16.7. The number of benzene rings is 1. The van der Waals surface area contributed by atoms with Gasteiger partial charge >= 0.3 is 5.69 Å². The van der Waals surface area contributed by atoms with E-state index in [-0.39, 0.29) is 28.3 Å². The molecule has 1 aliphatic carbocycles. The zero-order valence-corrected chi connectivity index (χ0v) is 20.8. The number of aryl methyl sites for hydroxylation is 1. The number of hydrogen-bond donors (Lipinski definition) is 1. The van der Waals surface area contributed by atoms with E-state index in [1.807, 2.05) is 0 Å². The zero-order valence-electron chi connectivity index (χ0n) is 20.1. The van der Waals surface area contributed by atoms with E-state index in [2.05, 4.69) is 10.3 Å². The number of aromatic nitrogens is 3. The summed E-state index contributed by atoms with van der Waals surface area (Å²) < 4.78 is 23.7. The Morgan fingerprint density at radius 1 is 1.22 bits per heavy atom.